The molecule has 0 radical (unpaired) electrons. The third-order valence-electron chi connectivity index (χ3n) is 4.60. The molecule has 7 heteroatoms. The number of carbonyl (C=O) groups is 2. The average molecular weight is 425 g/mol. The largest absolute Gasteiger partial charge is 0.458 e. The Bertz CT molecular complexity index is 1020. The summed E-state index contributed by atoms with van der Waals surface area (Å²) in [7, 11) is 0. The maximum absolute atomic E-state index is 12.4. The van der Waals surface area contributed by atoms with Gasteiger partial charge in [-0.3, -0.25) is 9.59 Å². The van der Waals surface area contributed by atoms with Gasteiger partial charge in [0.25, 0.3) is 0 Å². The van der Waals surface area contributed by atoms with Crippen molar-refractivity contribution in [3.63, 3.8) is 0 Å². The van der Waals surface area contributed by atoms with Gasteiger partial charge in [0.05, 0.1) is 12.1 Å². The van der Waals surface area contributed by atoms with E-state index in [1.165, 1.54) is 16.9 Å². The number of amides is 1. The number of thioether (sulfide) groups is 1. The number of para-hydroxylation sites is 1. The molecule has 29 heavy (non-hydrogen) atoms. The van der Waals surface area contributed by atoms with E-state index in [0.29, 0.717) is 17.1 Å². The molecule has 0 saturated heterocycles. The van der Waals surface area contributed by atoms with Crippen molar-refractivity contribution in [3.8, 4) is 0 Å². The number of hydrogen-bond acceptors (Lipinski definition) is 6. The molecule has 3 aromatic rings. The molecule has 1 N–H and O–H groups in total. The Hall–Kier alpha value is -2.64. The summed E-state index contributed by atoms with van der Waals surface area (Å²) in [6.45, 7) is 2.08. The van der Waals surface area contributed by atoms with Crippen molar-refractivity contribution in [2.75, 3.05) is 5.32 Å². The van der Waals surface area contributed by atoms with E-state index in [1.54, 1.807) is 11.8 Å². The molecule has 1 amide bonds. The van der Waals surface area contributed by atoms with Gasteiger partial charge in [0, 0.05) is 16.0 Å². The van der Waals surface area contributed by atoms with Crippen molar-refractivity contribution in [2.24, 2.45) is 0 Å². The van der Waals surface area contributed by atoms with E-state index in [2.05, 4.69) is 10.3 Å². The fraction of sp³-hybridized carbons (Fsp3) is 0.227. The number of benzene rings is 2. The molecule has 4 rings (SSSR count). The molecule has 0 spiro atoms. The van der Waals surface area contributed by atoms with E-state index in [1.807, 2.05) is 60.8 Å². The smallest absolute Gasteiger partial charge is 0.320 e. The first-order valence-electron chi connectivity index (χ1n) is 9.28. The minimum atomic E-state index is -0.224. The fourth-order valence-corrected chi connectivity index (χ4v) is 5.06. The highest BCUT2D eigenvalue weighted by atomic mass is 32.2. The summed E-state index contributed by atoms with van der Waals surface area (Å²) >= 11 is 2.95. The summed E-state index contributed by atoms with van der Waals surface area (Å²) in [4.78, 5) is 30.2. The lowest BCUT2D eigenvalue weighted by molar-refractivity contribution is -0.144. The minimum Gasteiger partial charge on any atom is -0.458 e. The van der Waals surface area contributed by atoms with Crippen LogP contribution < -0.4 is 5.32 Å². The van der Waals surface area contributed by atoms with Gasteiger partial charge in [-0.15, -0.1) is 23.1 Å². The van der Waals surface area contributed by atoms with Crippen LogP contribution >= 0.6 is 23.1 Å². The molecule has 0 aliphatic carbocycles. The summed E-state index contributed by atoms with van der Waals surface area (Å²) in [5, 5.41) is 5.23. The predicted octanol–water partition coefficient (Wildman–Crippen LogP) is 4.39. The standard InChI is InChI=1S/C22H20N2O3S2/c1-14-6-2-4-8-17(14)24-20(25)11-21-23-16(13-28-21)12-27-22(26)19-10-15-7-3-5-9-18(15)29-19/h2-9,13,19H,10-12H2,1H3,(H,24,25). The Morgan fingerprint density at radius 2 is 1.97 bits per heavy atom. The maximum atomic E-state index is 12.4. The van der Waals surface area contributed by atoms with Crippen molar-refractivity contribution in [1.82, 2.24) is 4.98 Å². The van der Waals surface area contributed by atoms with Crippen molar-refractivity contribution in [1.29, 1.82) is 0 Å². The quantitative estimate of drug-likeness (QED) is 0.594. The van der Waals surface area contributed by atoms with Crippen LogP contribution in [-0.4, -0.2) is 22.1 Å². The third-order valence-corrected chi connectivity index (χ3v) is 6.80. The lowest BCUT2D eigenvalue weighted by Crippen LogP contribution is -2.19. The molecule has 1 atom stereocenters. The average Bonchev–Trinajstić information content (AvgIpc) is 3.34. The minimum absolute atomic E-state index is 0.114. The second kappa shape index (κ2) is 8.80. The SMILES string of the molecule is Cc1ccccc1NC(=O)Cc1nc(COC(=O)C2Cc3ccccc3S2)cs1. The highest BCUT2D eigenvalue weighted by Crippen LogP contribution is 2.37. The first-order valence-corrected chi connectivity index (χ1v) is 11.0. The van der Waals surface area contributed by atoms with E-state index < -0.39 is 0 Å². The number of fused-ring (bicyclic) bond motifs is 1. The highest BCUT2D eigenvalue weighted by molar-refractivity contribution is 8.01. The Balaban J connectivity index is 1.27. The summed E-state index contributed by atoms with van der Waals surface area (Å²) in [5.41, 5.74) is 3.68. The molecule has 1 aliphatic rings. The van der Waals surface area contributed by atoms with Crippen molar-refractivity contribution in [2.45, 2.75) is 36.5 Å². The molecule has 1 unspecified atom stereocenters. The van der Waals surface area contributed by atoms with Crippen LogP contribution in [0.4, 0.5) is 5.69 Å². The topological polar surface area (TPSA) is 68.3 Å². The molecule has 1 aliphatic heterocycles. The lowest BCUT2D eigenvalue weighted by atomic mass is 10.1. The number of nitrogens with one attached hydrogen (secondary N) is 1. The first kappa shape index (κ1) is 19.7. The normalized spacial score (nSPS) is 15.0. The van der Waals surface area contributed by atoms with Gasteiger partial charge >= 0.3 is 5.97 Å². The number of aryl methyl sites for hydroxylation is 1. The van der Waals surface area contributed by atoms with Crippen LogP contribution in [0.3, 0.4) is 0 Å². The maximum Gasteiger partial charge on any atom is 0.320 e. The molecule has 2 heterocycles. The molecule has 148 valence electrons. The summed E-state index contributed by atoms with van der Waals surface area (Å²) in [6.07, 6.45) is 0.891. The lowest BCUT2D eigenvalue weighted by Gasteiger charge is -2.08. The number of esters is 1. The van der Waals surface area contributed by atoms with E-state index >= 15 is 0 Å². The van der Waals surface area contributed by atoms with Gasteiger partial charge in [-0.1, -0.05) is 36.4 Å². The number of nitrogens with zero attached hydrogens (tertiary/aromatic N) is 1. The predicted molar refractivity (Wildman–Crippen MR) is 115 cm³/mol. The van der Waals surface area contributed by atoms with E-state index in [0.717, 1.165) is 16.1 Å². The van der Waals surface area contributed by atoms with Gasteiger partial charge in [-0.05, 0) is 36.6 Å². The monoisotopic (exact) mass is 424 g/mol. The summed E-state index contributed by atoms with van der Waals surface area (Å²) in [6, 6.07) is 15.7. The number of rotatable bonds is 6. The molecule has 0 bridgehead atoms. The molecular formula is C22H20N2O3S2. The zero-order chi connectivity index (χ0) is 20.2. The third kappa shape index (κ3) is 4.86. The number of aromatic nitrogens is 1. The number of ether oxygens (including phenoxy) is 1. The van der Waals surface area contributed by atoms with E-state index in [4.69, 9.17) is 4.74 Å². The van der Waals surface area contributed by atoms with Crippen LogP contribution in [0.2, 0.25) is 0 Å². The van der Waals surface area contributed by atoms with Gasteiger partial charge in [0.1, 0.15) is 16.9 Å². The molecule has 2 aromatic carbocycles. The number of anilines is 1. The van der Waals surface area contributed by atoms with Crippen LogP contribution in [0.25, 0.3) is 0 Å². The van der Waals surface area contributed by atoms with Gasteiger partial charge < -0.3 is 10.1 Å². The fourth-order valence-electron chi connectivity index (χ4n) is 3.09. The molecule has 1 aromatic heterocycles. The summed E-state index contributed by atoms with van der Waals surface area (Å²) in [5.74, 6) is -0.338. The summed E-state index contributed by atoms with van der Waals surface area (Å²) < 4.78 is 5.46. The van der Waals surface area contributed by atoms with Crippen LogP contribution in [0.1, 0.15) is 21.8 Å². The zero-order valence-corrected chi connectivity index (χ0v) is 17.5. The molecule has 5 nitrogen and oxygen atoms in total. The van der Waals surface area contributed by atoms with E-state index in [9.17, 15) is 9.59 Å². The number of carbonyl (C=O) groups excluding carboxylic acids is 2. The Morgan fingerprint density at radius 3 is 2.79 bits per heavy atom. The van der Waals surface area contributed by atoms with Gasteiger partial charge in [-0.2, -0.15) is 0 Å². The van der Waals surface area contributed by atoms with Crippen LogP contribution in [-0.2, 0) is 33.8 Å². The zero-order valence-electron chi connectivity index (χ0n) is 15.9. The van der Waals surface area contributed by atoms with Gasteiger partial charge in [0.2, 0.25) is 5.91 Å². The number of thiazole rings is 1. The van der Waals surface area contributed by atoms with Gasteiger partial charge in [0.15, 0.2) is 0 Å². The van der Waals surface area contributed by atoms with Crippen LogP contribution in [0.5, 0.6) is 0 Å². The Kier molecular flexibility index (Phi) is 5.97. The van der Waals surface area contributed by atoms with Crippen LogP contribution in [0, 0.1) is 6.92 Å². The van der Waals surface area contributed by atoms with Crippen LogP contribution in [0.15, 0.2) is 58.8 Å². The van der Waals surface area contributed by atoms with Crippen molar-refractivity contribution < 1.29 is 14.3 Å². The van der Waals surface area contributed by atoms with Crippen molar-refractivity contribution >= 4 is 40.7 Å². The van der Waals surface area contributed by atoms with Crippen molar-refractivity contribution in [3.05, 3.63) is 75.7 Å². The first-order chi connectivity index (χ1) is 14.1. The van der Waals surface area contributed by atoms with E-state index in [-0.39, 0.29) is 30.2 Å². The Morgan fingerprint density at radius 1 is 1.17 bits per heavy atom. The molecule has 0 saturated carbocycles. The Labute approximate surface area is 177 Å². The highest BCUT2D eigenvalue weighted by Gasteiger charge is 2.29. The second-order valence-corrected chi connectivity index (χ2v) is 8.99. The van der Waals surface area contributed by atoms with Gasteiger partial charge in [-0.25, -0.2) is 4.98 Å². The molecule has 0 fully saturated rings. The number of hydrogen-bond donors (Lipinski definition) is 1. The molecular weight excluding hydrogens is 404 g/mol. The second-order valence-electron chi connectivity index (χ2n) is 6.80.